The summed E-state index contributed by atoms with van der Waals surface area (Å²) in [5, 5.41) is 8.64. The zero-order chi connectivity index (χ0) is 17.4. The van der Waals surface area contributed by atoms with Crippen molar-refractivity contribution in [1.29, 1.82) is 0 Å². The van der Waals surface area contributed by atoms with Crippen LogP contribution in [0.1, 0.15) is 10.4 Å². The fraction of sp³-hybridized carbons (Fsp3) is 0.312. The number of benzene rings is 1. The quantitative estimate of drug-likeness (QED) is 0.689. The molecule has 0 bridgehead atoms. The minimum Gasteiger partial charge on any atom is -0.351 e. The van der Waals surface area contributed by atoms with Crippen LogP contribution in [0.25, 0.3) is 11.2 Å². The van der Waals surface area contributed by atoms with E-state index in [1.807, 2.05) is 17.0 Å². The molecule has 0 N–H and O–H groups in total. The Balaban J connectivity index is 1.51. The van der Waals surface area contributed by atoms with Crippen molar-refractivity contribution in [1.82, 2.24) is 29.9 Å². The van der Waals surface area contributed by atoms with E-state index in [4.69, 9.17) is 11.6 Å². The van der Waals surface area contributed by atoms with Crippen LogP contribution in [0.5, 0.6) is 0 Å². The number of rotatable bonds is 2. The average molecular weight is 358 g/mol. The number of halogens is 1. The summed E-state index contributed by atoms with van der Waals surface area (Å²) in [6.45, 7) is 2.52. The first-order chi connectivity index (χ1) is 12.1. The molecule has 0 radical (unpaired) electrons. The molecule has 9 heteroatoms. The molecular weight excluding hydrogens is 342 g/mol. The van der Waals surface area contributed by atoms with E-state index in [1.54, 1.807) is 23.9 Å². The van der Waals surface area contributed by atoms with Gasteiger partial charge in [0.25, 0.3) is 5.91 Å². The van der Waals surface area contributed by atoms with Crippen LogP contribution in [-0.4, -0.2) is 61.9 Å². The monoisotopic (exact) mass is 357 g/mol. The van der Waals surface area contributed by atoms with Crippen LogP contribution in [0, 0.1) is 0 Å². The molecule has 0 atom stereocenters. The Bertz CT molecular complexity index is 933. The third-order valence-electron chi connectivity index (χ3n) is 4.34. The number of nitrogens with zero attached hydrogens (tertiary/aromatic N) is 7. The van der Waals surface area contributed by atoms with Crippen molar-refractivity contribution in [2.75, 3.05) is 31.1 Å². The zero-order valence-electron chi connectivity index (χ0n) is 13.6. The van der Waals surface area contributed by atoms with E-state index in [0.717, 1.165) is 5.82 Å². The van der Waals surface area contributed by atoms with Gasteiger partial charge in [0.05, 0.1) is 10.6 Å². The van der Waals surface area contributed by atoms with Gasteiger partial charge in [-0.1, -0.05) is 28.9 Å². The smallest absolute Gasteiger partial charge is 0.255 e. The van der Waals surface area contributed by atoms with Crippen LogP contribution in [0.3, 0.4) is 0 Å². The van der Waals surface area contributed by atoms with Crippen LogP contribution < -0.4 is 4.90 Å². The van der Waals surface area contributed by atoms with Crippen molar-refractivity contribution >= 4 is 34.5 Å². The lowest BCUT2D eigenvalue weighted by molar-refractivity contribution is 0.0747. The number of hydrogen-bond acceptors (Lipinski definition) is 6. The molecule has 4 rings (SSSR count). The molecule has 8 nitrogen and oxygen atoms in total. The van der Waals surface area contributed by atoms with Gasteiger partial charge in [0.1, 0.15) is 6.33 Å². The first kappa shape index (κ1) is 15.8. The summed E-state index contributed by atoms with van der Waals surface area (Å²) in [6.07, 6.45) is 1.52. The summed E-state index contributed by atoms with van der Waals surface area (Å²) in [5.74, 6) is 0.709. The second kappa shape index (κ2) is 6.29. The maximum absolute atomic E-state index is 12.7. The second-order valence-corrected chi connectivity index (χ2v) is 6.25. The Morgan fingerprint density at radius 3 is 2.64 bits per heavy atom. The zero-order valence-corrected chi connectivity index (χ0v) is 14.4. The van der Waals surface area contributed by atoms with Crippen molar-refractivity contribution in [2.24, 2.45) is 7.05 Å². The number of carbonyl (C=O) groups is 1. The Kier molecular flexibility index (Phi) is 3.96. The highest BCUT2D eigenvalue weighted by atomic mass is 35.5. The minimum atomic E-state index is -0.0439. The number of hydrogen-bond donors (Lipinski definition) is 0. The Morgan fingerprint density at radius 1 is 1.12 bits per heavy atom. The molecule has 3 heterocycles. The number of fused-ring (bicyclic) bond motifs is 1. The normalized spacial score (nSPS) is 15.0. The van der Waals surface area contributed by atoms with E-state index in [2.05, 4.69) is 25.2 Å². The predicted molar refractivity (Wildman–Crippen MR) is 93.7 cm³/mol. The van der Waals surface area contributed by atoms with Gasteiger partial charge in [-0.2, -0.15) is 0 Å². The van der Waals surface area contributed by atoms with Crippen LogP contribution in [0.15, 0.2) is 30.6 Å². The highest BCUT2D eigenvalue weighted by Crippen LogP contribution is 2.23. The van der Waals surface area contributed by atoms with Gasteiger partial charge in [0, 0.05) is 33.2 Å². The van der Waals surface area contributed by atoms with Crippen molar-refractivity contribution in [3.05, 3.63) is 41.2 Å². The summed E-state index contributed by atoms with van der Waals surface area (Å²) in [5.41, 5.74) is 1.91. The van der Waals surface area contributed by atoms with Gasteiger partial charge in [-0.25, -0.2) is 14.6 Å². The van der Waals surface area contributed by atoms with Crippen molar-refractivity contribution in [3.63, 3.8) is 0 Å². The van der Waals surface area contributed by atoms with E-state index in [1.165, 1.54) is 6.33 Å². The molecule has 0 aliphatic carbocycles. The van der Waals surface area contributed by atoms with E-state index in [-0.39, 0.29) is 5.91 Å². The lowest BCUT2D eigenvalue weighted by Gasteiger charge is -2.35. The summed E-state index contributed by atoms with van der Waals surface area (Å²) >= 11 is 6.14. The lowest BCUT2D eigenvalue weighted by Crippen LogP contribution is -2.49. The second-order valence-electron chi connectivity index (χ2n) is 5.84. The van der Waals surface area contributed by atoms with Crippen LogP contribution in [-0.2, 0) is 7.05 Å². The molecule has 3 aromatic rings. The standard InChI is InChI=1S/C16H16ClN7O/c1-22-14-13(20-21-22)15(19-10-18-14)23-6-8-24(9-7-23)16(25)11-4-2-3-5-12(11)17/h2-5,10H,6-9H2,1H3. The van der Waals surface area contributed by atoms with E-state index in [9.17, 15) is 4.79 Å². The molecule has 1 aliphatic rings. The molecule has 128 valence electrons. The number of aromatic nitrogens is 5. The topological polar surface area (TPSA) is 80.0 Å². The van der Waals surface area contributed by atoms with Crippen molar-refractivity contribution < 1.29 is 4.79 Å². The first-order valence-electron chi connectivity index (χ1n) is 7.94. The maximum atomic E-state index is 12.7. The number of aryl methyl sites for hydroxylation is 1. The van der Waals surface area contributed by atoms with Gasteiger partial charge in [0.2, 0.25) is 0 Å². The predicted octanol–water partition coefficient (Wildman–Crippen LogP) is 1.37. The van der Waals surface area contributed by atoms with E-state index in [0.29, 0.717) is 47.9 Å². The molecule has 0 saturated carbocycles. The molecule has 1 aliphatic heterocycles. The van der Waals surface area contributed by atoms with E-state index >= 15 is 0 Å². The fourth-order valence-corrected chi connectivity index (χ4v) is 3.22. The van der Waals surface area contributed by atoms with Gasteiger partial charge < -0.3 is 9.80 Å². The molecule has 1 amide bonds. The summed E-state index contributed by atoms with van der Waals surface area (Å²) in [6, 6.07) is 7.13. The largest absolute Gasteiger partial charge is 0.351 e. The van der Waals surface area contributed by atoms with Crippen molar-refractivity contribution in [2.45, 2.75) is 0 Å². The highest BCUT2D eigenvalue weighted by Gasteiger charge is 2.25. The van der Waals surface area contributed by atoms with Gasteiger partial charge in [0.15, 0.2) is 17.0 Å². The van der Waals surface area contributed by atoms with E-state index < -0.39 is 0 Å². The SMILES string of the molecule is Cn1nnc2c(N3CCN(C(=O)c4ccccc4Cl)CC3)ncnc21. The maximum Gasteiger partial charge on any atom is 0.255 e. The Morgan fingerprint density at radius 2 is 1.88 bits per heavy atom. The Labute approximate surface area is 149 Å². The van der Waals surface area contributed by atoms with Gasteiger partial charge in [-0.15, -0.1) is 5.10 Å². The van der Waals surface area contributed by atoms with Crippen LogP contribution in [0.2, 0.25) is 5.02 Å². The number of amides is 1. The first-order valence-corrected chi connectivity index (χ1v) is 8.32. The minimum absolute atomic E-state index is 0.0439. The van der Waals surface area contributed by atoms with Gasteiger partial charge in [-0.3, -0.25) is 4.79 Å². The summed E-state index contributed by atoms with van der Waals surface area (Å²) in [7, 11) is 1.80. The number of anilines is 1. The van der Waals surface area contributed by atoms with Crippen LogP contribution in [0.4, 0.5) is 5.82 Å². The van der Waals surface area contributed by atoms with Gasteiger partial charge >= 0.3 is 0 Å². The molecule has 1 fully saturated rings. The molecule has 0 spiro atoms. The third kappa shape index (κ3) is 2.78. The summed E-state index contributed by atoms with van der Waals surface area (Å²) < 4.78 is 1.62. The Hall–Kier alpha value is -2.74. The van der Waals surface area contributed by atoms with Crippen molar-refractivity contribution in [3.8, 4) is 0 Å². The molecule has 1 saturated heterocycles. The third-order valence-corrected chi connectivity index (χ3v) is 4.67. The average Bonchev–Trinajstić information content (AvgIpc) is 3.03. The fourth-order valence-electron chi connectivity index (χ4n) is 3.00. The summed E-state index contributed by atoms with van der Waals surface area (Å²) in [4.78, 5) is 25.1. The molecule has 1 aromatic carbocycles. The number of piperazine rings is 1. The van der Waals surface area contributed by atoms with Gasteiger partial charge in [-0.05, 0) is 12.1 Å². The highest BCUT2D eigenvalue weighted by molar-refractivity contribution is 6.33. The molecule has 0 unspecified atom stereocenters. The molecular formula is C16H16ClN7O. The number of carbonyl (C=O) groups excluding carboxylic acids is 1. The van der Waals surface area contributed by atoms with Crippen LogP contribution >= 0.6 is 11.6 Å². The lowest BCUT2D eigenvalue weighted by atomic mass is 10.2. The molecule has 2 aromatic heterocycles. The molecule has 25 heavy (non-hydrogen) atoms.